The first-order valence-corrected chi connectivity index (χ1v) is 10.3. The Balaban J connectivity index is 5.44. The molecule has 0 rings (SSSR count). The Bertz CT molecular complexity index is 311. The first kappa shape index (κ1) is 19.7. The lowest BCUT2D eigenvalue weighted by Gasteiger charge is -2.36. The second-order valence-corrected chi connectivity index (χ2v) is 10.3. The van der Waals surface area contributed by atoms with Gasteiger partial charge in [-0.25, -0.2) is 0 Å². The van der Waals surface area contributed by atoms with Crippen LogP contribution in [-0.2, 0) is 0 Å². The third kappa shape index (κ3) is 6.02. The SMILES string of the molecule is CCN=C(/C=C(/CC)[N](CC)[Al]([CH](C)C)[CH](C)C)CC. The summed E-state index contributed by atoms with van der Waals surface area (Å²) in [6.07, 6.45) is 4.50. The Morgan fingerprint density at radius 2 is 1.55 bits per heavy atom. The summed E-state index contributed by atoms with van der Waals surface area (Å²) in [6, 6.07) is 0. The van der Waals surface area contributed by atoms with E-state index in [0.717, 1.165) is 35.5 Å². The van der Waals surface area contributed by atoms with Crippen molar-refractivity contribution < 1.29 is 0 Å². The summed E-state index contributed by atoms with van der Waals surface area (Å²) in [5, 5.41) is 0. The van der Waals surface area contributed by atoms with Crippen molar-refractivity contribution in [3.63, 3.8) is 0 Å². The molecule has 0 amide bonds. The number of hydrogen-bond acceptors (Lipinski definition) is 2. The second-order valence-electron chi connectivity index (χ2n) is 6.07. The fraction of sp³-hybridized carbons (Fsp3) is 0.824. The van der Waals surface area contributed by atoms with Crippen molar-refractivity contribution in [3.05, 3.63) is 11.8 Å². The average molecular weight is 294 g/mol. The molecule has 0 saturated carbocycles. The highest BCUT2D eigenvalue weighted by molar-refractivity contribution is 6.59. The van der Waals surface area contributed by atoms with Gasteiger partial charge in [0.25, 0.3) is 0 Å². The van der Waals surface area contributed by atoms with Crippen molar-refractivity contribution in [3.8, 4) is 0 Å². The molecule has 20 heavy (non-hydrogen) atoms. The molecule has 0 aromatic carbocycles. The van der Waals surface area contributed by atoms with Gasteiger partial charge in [0, 0.05) is 12.3 Å². The lowest BCUT2D eigenvalue weighted by molar-refractivity contribution is 0.515. The minimum Gasteiger partial charge on any atom is -0.466 e. The zero-order valence-electron chi connectivity index (χ0n) is 15.0. The third-order valence-corrected chi connectivity index (χ3v) is 8.00. The van der Waals surface area contributed by atoms with Crippen molar-refractivity contribution in [2.45, 2.75) is 77.8 Å². The van der Waals surface area contributed by atoms with Gasteiger partial charge in [-0.1, -0.05) is 51.1 Å². The molecule has 116 valence electrons. The molecule has 0 aromatic rings. The summed E-state index contributed by atoms with van der Waals surface area (Å²) in [7, 11) is 0. The first-order chi connectivity index (χ1) is 9.42. The fourth-order valence-corrected chi connectivity index (χ4v) is 7.18. The van der Waals surface area contributed by atoms with E-state index in [1.165, 1.54) is 11.4 Å². The van der Waals surface area contributed by atoms with E-state index in [9.17, 15) is 0 Å². The topological polar surface area (TPSA) is 15.6 Å². The molecule has 0 saturated heterocycles. The molecule has 0 atom stereocenters. The molecule has 0 unspecified atom stereocenters. The van der Waals surface area contributed by atoms with Crippen LogP contribution in [0.4, 0.5) is 0 Å². The number of hydrogen-bond donors (Lipinski definition) is 0. The molecule has 2 nitrogen and oxygen atoms in total. The Labute approximate surface area is 132 Å². The number of rotatable bonds is 9. The van der Waals surface area contributed by atoms with Crippen LogP contribution in [0.25, 0.3) is 0 Å². The van der Waals surface area contributed by atoms with Gasteiger partial charge >= 0.3 is 14.4 Å². The highest BCUT2D eigenvalue weighted by Crippen LogP contribution is 2.27. The van der Waals surface area contributed by atoms with Gasteiger partial charge in [-0.2, -0.15) is 0 Å². The zero-order chi connectivity index (χ0) is 15.7. The van der Waals surface area contributed by atoms with Gasteiger partial charge in [-0.05, 0) is 45.0 Å². The molecule has 0 bridgehead atoms. The molecule has 0 aromatic heterocycles. The Hall–Kier alpha value is -0.258. The Morgan fingerprint density at radius 1 is 1.00 bits per heavy atom. The molecular weight excluding hydrogens is 259 g/mol. The van der Waals surface area contributed by atoms with Gasteiger partial charge in [-0.3, -0.25) is 4.99 Å². The molecule has 0 heterocycles. The first-order valence-electron chi connectivity index (χ1n) is 8.43. The number of allylic oxidation sites excluding steroid dienone is 2. The fourth-order valence-electron chi connectivity index (χ4n) is 3.14. The van der Waals surface area contributed by atoms with E-state index < -0.39 is 14.4 Å². The smallest absolute Gasteiger partial charge is 0.419 e. The van der Waals surface area contributed by atoms with Crippen LogP contribution in [0.1, 0.15) is 68.2 Å². The Morgan fingerprint density at radius 3 is 1.85 bits per heavy atom. The van der Waals surface area contributed by atoms with E-state index in [1.807, 2.05) is 0 Å². The lowest BCUT2D eigenvalue weighted by atomic mass is 10.2. The van der Waals surface area contributed by atoms with Crippen molar-refractivity contribution in [1.29, 1.82) is 0 Å². The summed E-state index contributed by atoms with van der Waals surface area (Å²) in [4.78, 5) is 4.63. The van der Waals surface area contributed by atoms with Crippen molar-refractivity contribution in [1.82, 2.24) is 3.88 Å². The minimum atomic E-state index is -0.951. The summed E-state index contributed by atoms with van der Waals surface area (Å²) in [6.45, 7) is 20.5. The second kappa shape index (κ2) is 10.5. The van der Waals surface area contributed by atoms with Gasteiger partial charge in [0.2, 0.25) is 0 Å². The predicted molar refractivity (Wildman–Crippen MR) is 95.0 cm³/mol. The van der Waals surface area contributed by atoms with E-state index in [2.05, 4.69) is 70.3 Å². The lowest BCUT2D eigenvalue weighted by Crippen LogP contribution is -2.43. The molecule has 0 aliphatic carbocycles. The van der Waals surface area contributed by atoms with Gasteiger partial charge in [0.05, 0.1) is 0 Å². The maximum absolute atomic E-state index is 4.63. The zero-order valence-corrected chi connectivity index (χ0v) is 16.2. The van der Waals surface area contributed by atoms with E-state index >= 15 is 0 Å². The maximum atomic E-state index is 4.63. The van der Waals surface area contributed by atoms with Crippen LogP contribution in [0.5, 0.6) is 0 Å². The third-order valence-electron chi connectivity index (χ3n) is 3.85. The molecule has 0 aliphatic rings. The quantitative estimate of drug-likeness (QED) is 0.417. The normalized spacial score (nSPS) is 13.3. The van der Waals surface area contributed by atoms with Crippen LogP contribution in [0, 0.1) is 0 Å². The van der Waals surface area contributed by atoms with Crippen LogP contribution in [-0.4, -0.2) is 37.1 Å². The Kier molecular flexibility index (Phi) is 10.3. The predicted octanol–water partition coefficient (Wildman–Crippen LogP) is 5.28. The highest BCUT2D eigenvalue weighted by atomic mass is 27.2. The molecule has 0 aliphatic heterocycles. The summed E-state index contributed by atoms with van der Waals surface area (Å²) < 4.78 is 4.34. The van der Waals surface area contributed by atoms with Crippen LogP contribution in [0.3, 0.4) is 0 Å². The van der Waals surface area contributed by atoms with E-state index in [-0.39, 0.29) is 0 Å². The van der Waals surface area contributed by atoms with Crippen molar-refractivity contribution in [2.24, 2.45) is 4.99 Å². The monoisotopic (exact) mass is 294 g/mol. The molecular formula is C17H35AlN2. The van der Waals surface area contributed by atoms with Gasteiger partial charge < -0.3 is 3.88 Å². The van der Waals surface area contributed by atoms with Gasteiger partial charge in [0.1, 0.15) is 0 Å². The van der Waals surface area contributed by atoms with Crippen LogP contribution in [0.2, 0.25) is 9.56 Å². The maximum Gasteiger partial charge on any atom is 0.419 e. The largest absolute Gasteiger partial charge is 0.466 e. The average Bonchev–Trinajstić information content (AvgIpc) is 2.40. The van der Waals surface area contributed by atoms with Gasteiger partial charge in [0.15, 0.2) is 0 Å². The van der Waals surface area contributed by atoms with Gasteiger partial charge in [-0.15, -0.1) is 0 Å². The van der Waals surface area contributed by atoms with Crippen LogP contribution in [0.15, 0.2) is 16.8 Å². The molecule has 0 spiro atoms. The minimum absolute atomic E-state index is 0.804. The van der Waals surface area contributed by atoms with E-state index in [1.54, 1.807) is 0 Å². The summed E-state index contributed by atoms with van der Waals surface area (Å²) >= 11 is -0.951. The van der Waals surface area contributed by atoms with E-state index in [0.29, 0.717) is 0 Å². The molecule has 0 fully saturated rings. The number of nitrogens with zero attached hydrogens (tertiary/aromatic N) is 2. The highest BCUT2D eigenvalue weighted by Gasteiger charge is 2.33. The summed E-state index contributed by atoms with van der Waals surface area (Å²) in [5.41, 5.74) is 2.75. The van der Waals surface area contributed by atoms with Crippen molar-refractivity contribution in [2.75, 3.05) is 13.1 Å². The molecule has 0 radical (unpaired) electrons. The van der Waals surface area contributed by atoms with Crippen LogP contribution < -0.4 is 0 Å². The molecule has 3 heteroatoms. The van der Waals surface area contributed by atoms with Crippen LogP contribution >= 0.6 is 0 Å². The molecule has 0 N–H and O–H groups in total. The van der Waals surface area contributed by atoms with E-state index in [4.69, 9.17) is 0 Å². The number of aliphatic imine (C=N–C) groups is 1. The summed E-state index contributed by atoms with van der Waals surface area (Å²) in [5.74, 6) is 0. The van der Waals surface area contributed by atoms with Crippen molar-refractivity contribution >= 4 is 20.1 Å². The standard InChI is InChI=1S/C11H21N2.2C3H7.Al/c1-5-10(12-7-3)9-11(6-2)13-8-4;2*1-3-2;/h9H,5-8H2,1-4H3;2*3H,1-2H3;/q-1;;;+1/b10-9-,13-11?;;;.